The molecule has 1 aromatic carbocycles. The maximum absolute atomic E-state index is 11.2. The lowest BCUT2D eigenvalue weighted by molar-refractivity contribution is 0.104. The second-order valence-corrected chi connectivity index (χ2v) is 2.85. The Balaban J connectivity index is 2.60. The Morgan fingerprint density at radius 3 is 3.00 bits per heavy atom. The predicted octanol–water partition coefficient (Wildman–Crippen LogP) is 2.54. The van der Waals surface area contributed by atoms with Crippen molar-refractivity contribution in [1.29, 1.82) is 0 Å². The lowest BCUT2D eigenvalue weighted by Gasteiger charge is -1.95. The monoisotopic (exact) mass is 171 g/mol. The molecule has 0 aliphatic carbocycles. The molecular formula is C11H9NO. The molecule has 0 spiro atoms. The van der Waals surface area contributed by atoms with E-state index in [1.54, 1.807) is 6.07 Å². The standard InChI is InChI=1S/C11H9NO/c1-2-11(13)9-4-3-8-5-6-12-10(8)7-9/h2-7,12H,1H2. The number of fused-ring (bicyclic) bond motifs is 1. The summed E-state index contributed by atoms with van der Waals surface area (Å²) in [6, 6.07) is 7.53. The number of hydrogen-bond acceptors (Lipinski definition) is 1. The molecule has 13 heavy (non-hydrogen) atoms. The lowest BCUT2D eigenvalue weighted by atomic mass is 10.1. The summed E-state index contributed by atoms with van der Waals surface area (Å²) in [5, 5.41) is 1.11. The van der Waals surface area contributed by atoms with E-state index in [4.69, 9.17) is 0 Å². The highest BCUT2D eigenvalue weighted by Gasteiger charge is 2.01. The zero-order valence-electron chi connectivity index (χ0n) is 7.08. The second-order valence-electron chi connectivity index (χ2n) is 2.85. The Hall–Kier alpha value is -1.83. The van der Waals surface area contributed by atoms with Crippen LogP contribution in [0.4, 0.5) is 0 Å². The Labute approximate surface area is 75.9 Å². The number of ketones is 1. The first-order chi connectivity index (χ1) is 6.31. The van der Waals surface area contributed by atoms with E-state index in [9.17, 15) is 4.79 Å². The average molecular weight is 171 g/mol. The highest BCUT2D eigenvalue weighted by molar-refractivity contribution is 6.06. The molecule has 0 radical (unpaired) electrons. The summed E-state index contributed by atoms with van der Waals surface area (Å²) >= 11 is 0. The van der Waals surface area contributed by atoms with E-state index >= 15 is 0 Å². The molecule has 2 rings (SSSR count). The first-order valence-corrected chi connectivity index (χ1v) is 4.05. The zero-order chi connectivity index (χ0) is 9.26. The average Bonchev–Trinajstić information content (AvgIpc) is 2.63. The molecule has 64 valence electrons. The molecule has 0 unspecified atom stereocenters. The molecule has 0 bridgehead atoms. The van der Waals surface area contributed by atoms with Gasteiger partial charge in [-0.3, -0.25) is 4.79 Å². The summed E-state index contributed by atoms with van der Waals surface area (Å²) in [5.41, 5.74) is 1.65. The summed E-state index contributed by atoms with van der Waals surface area (Å²) in [6.45, 7) is 3.44. The van der Waals surface area contributed by atoms with Gasteiger partial charge in [-0.1, -0.05) is 18.7 Å². The number of allylic oxidation sites excluding steroid dienone is 1. The van der Waals surface area contributed by atoms with Crippen molar-refractivity contribution in [1.82, 2.24) is 4.98 Å². The van der Waals surface area contributed by atoms with E-state index < -0.39 is 0 Å². The number of carbonyl (C=O) groups is 1. The molecule has 1 heterocycles. The van der Waals surface area contributed by atoms with Crippen molar-refractivity contribution < 1.29 is 4.79 Å². The summed E-state index contributed by atoms with van der Waals surface area (Å²) in [7, 11) is 0. The smallest absolute Gasteiger partial charge is 0.185 e. The van der Waals surface area contributed by atoms with Crippen LogP contribution in [0.2, 0.25) is 0 Å². The van der Waals surface area contributed by atoms with Crippen molar-refractivity contribution >= 4 is 16.7 Å². The topological polar surface area (TPSA) is 32.9 Å². The maximum Gasteiger partial charge on any atom is 0.185 e. The number of carbonyl (C=O) groups excluding carboxylic acids is 1. The van der Waals surface area contributed by atoms with Gasteiger partial charge in [0.25, 0.3) is 0 Å². The molecule has 2 nitrogen and oxygen atoms in total. The van der Waals surface area contributed by atoms with E-state index in [1.807, 2.05) is 24.4 Å². The number of aromatic nitrogens is 1. The minimum absolute atomic E-state index is 0.0449. The van der Waals surface area contributed by atoms with Crippen LogP contribution in [-0.4, -0.2) is 10.8 Å². The number of hydrogen-bond donors (Lipinski definition) is 1. The van der Waals surface area contributed by atoms with Crippen molar-refractivity contribution in [2.75, 3.05) is 0 Å². The quantitative estimate of drug-likeness (QED) is 0.546. The van der Waals surface area contributed by atoms with Crippen LogP contribution in [-0.2, 0) is 0 Å². The fourth-order valence-electron chi connectivity index (χ4n) is 1.32. The molecule has 1 N–H and O–H groups in total. The minimum Gasteiger partial charge on any atom is -0.361 e. The molecule has 2 aromatic rings. The van der Waals surface area contributed by atoms with Crippen LogP contribution < -0.4 is 0 Å². The van der Waals surface area contributed by atoms with E-state index in [-0.39, 0.29) is 5.78 Å². The first-order valence-electron chi connectivity index (χ1n) is 4.05. The SMILES string of the molecule is C=CC(=O)c1ccc2cc[nH]c2c1. The number of nitrogens with one attached hydrogen (secondary N) is 1. The van der Waals surface area contributed by atoms with E-state index in [0.717, 1.165) is 10.9 Å². The number of aromatic amines is 1. The van der Waals surface area contributed by atoms with Gasteiger partial charge >= 0.3 is 0 Å². The molecule has 0 aliphatic rings. The fraction of sp³-hybridized carbons (Fsp3) is 0. The molecule has 0 fully saturated rings. The predicted molar refractivity (Wildman–Crippen MR) is 52.8 cm³/mol. The van der Waals surface area contributed by atoms with Crippen LogP contribution in [0.15, 0.2) is 43.1 Å². The van der Waals surface area contributed by atoms with Gasteiger partial charge in [0.1, 0.15) is 0 Å². The molecule has 0 saturated carbocycles. The number of rotatable bonds is 2. The van der Waals surface area contributed by atoms with Crippen LogP contribution in [0, 0.1) is 0 Å². The van der Waals surface area contributed by atoms with Crippen LogP contribution in [0.1, 0.15) is 10.4 Å². The van der Waals surface area contributed by atoms with Crippen LogP contribution in [0.3, 0.4) is 0 Å². The zero-order valence-corrected chi connectivity index (χ0v) is 7.08. The third kappa shape index (κ3) is 1.26. The van der Waals surface area contributed by atoms with Crippen molar-refractivity contribution in [3.8, 4) is 0 Å². The summed E-state index contributed by atoms with van der Waals surface area (Å²) in [4.78, 5) is 14.3. The van der Waals surface area contributed by atoms with E-state index in [1.165, 1.54) is 6.08 Å². The Morgan fingerprint density at radius 1 is 1.38 bits per heavy atom. The second kappa shape index (κ2) is 2.90. The molecule has 1 aromatic heterocycles. The lowest BCUT2D eigenvalue weighted by Crippen LogP contribution is -1.92. The van der Waals surface area contributed by atoms with Gasteiger partial charge in [-0.2, -0.15) is 0 Å². The van der Waals surface area contributed by atoms with Gasteiger partial charge in [-0.25, -0.2) is 0 Å². The molecule has 0 amide bonds. The van der Waals surface area contributed by atoms with Crippen LogP contribution in [0.5, 0.6) is 0 Å². The highest BCUT2D eigenvalue weighted by Crippen LogP contribution is 2.14. The van der Waals surface area contributed by atoms with Gasteiger partial charge in [-0.15, -0.1) is 0 Å². The molecule has 0 aliphatic heterocycles. The van der Waals surface area contributed by atoms with Gasteiger partial charge in [0.2, 0.25) is 0 Å². The third-order valence-corrected chi connectivity index (χ3v) is 2.02. The molecule has 0 saturated heterocycles. The van der Waals surface area contributed by atoms with Gasteiger partial charge < -0.3 is 4.98 Å². The molecular weight excluding hydrogens is 162 g/mol. The molecule has 2 heteroatoms. The van der Waals surface area contributed by atoms with Gasteiger partial charge in [-0.05, 0) is 23.6 Å². The summed E-state index contributed by atoms with van der Waals surface area (Å²) < 4.78 is 0. The fourth-order valence-corrected chi connectivity index (χ4v) is 1.32. The Morgan fingerprint density at radius 2 is 2.23 bits per heavy atom. The minimum atomic E-state index is -0.0449. The van der Waals surface area contributed by atoms with Gasteiger partial charge in [0, 0.05) is 17.3 Å². The Bertz CT molecular complexity index is 468. The van der Waals surface area contributed by atoms with Crippen molar-refractivity contribution in [3.05, 3.63) is 48.7 Å². The number of benzene rings is 1. The Kier molecular flexibility index (Phi) is 1.74. The summed E-state index contributed by atoms with van der Waals surface area (Å²) in [6.07, 6.45) is 3.18. The van der Waals surface area contributed by atoms with Crippen LogP contribution >= 0.6 is 0 Å². The van der Waals surface area contributed by atoms with E-state index in [0.29, 0.717) is 5.56 Å². The van der Waals surface area contributed by atoms with Crippen molar-refractivity contribution in [3.63, 3.8) is 0 Å². The van der Waals surface area contributed by atoms with Crippen LogP contribution in [0.25, 0.3) is 10.9 Å². The highest BCUT2D eigenvalue weighted by atomic mass is 16.1. The summed E-state index contributed by atoms with van der Waals surface area (Å²) in [5.74, 6) is -0.0449. The van der Waals surface area contributed by atoms with Crippen molar-refractivity contribution in [2.45, 2.75) is 0 Å². The van der Waals surface area contributed by atoms with Gasteiger partial charge in [0.15, 0.2) is 5.78 Å². The maximum atomic E-state index is 11.2. The largest absolute Gasteiger partial charge is 0.361 e. The van der Waals surface area contributed by atoms with Gasteiger partial charge in [0.05, 0.1) is 0 Å². The normalized spacial score (nSPS) is 10.2. The van der Waals surface area contributed by atoms with E-state index in [2.05, 4.69) is 11.6 Å². The van der Waals surface area contributed by atoms with Crippen molar-refractivity contribution in [2.24, 2.45) is 0 Å². The first kappa shape index (κ1) is 7.80. The third-order valence-electron chi connectivity index (χ3n) is 2.02. The molecule has 0 atom stereocenters. The number of H-pyrrole nitrogens is 1.